The Kier molecular flexibility index (Phi) is 6.53. The second-order valence-corrected chi connectivity index (χ2v) is 3.02. The van der Waals surface area contributed by atoms with Gasteiger partial charge in [-0.3, -0.25) is 4.79 Å². The zero-order chi connectivity index (χ0) is 9.40. The predicted octanol–water partition coefficient (Wildman–Crippen LogP) is 1.84. The van der Waals surface area contributed by atoms with Crippen molar-refractivity contribution in [1.82, 2.24) is 0 Å². The summed E-state index contributed by atoms with van der Waals surface area (Å²) < 4.78 is 20.1. The molecule has 0 N–H and O–H groups in total. The first-order chi connectivity index (χ1) is 5.66. The van der Waals surface area contributed by atoms with Crippen molar-refractivity contribution in [2.75, 3.05) is 13.2 Å². The molecule has 0 fully saturated rings. The van der Waals surface area contributed by atoms with Gasteiger partial charge in [-0.2, -0.15) is 0 Å². The first kappa shape index (κ1) is 11.3. The van der Waals surface area contributed by atoms with Gasteiger partial charge in [0.1, 0.15) is 13.2 Å². The van der Waals surface area contributed by atoms with Crippen LogP contribution in [0.25, 0.3) is 0 Å². The molecule has 0 radical (unpaired) electrons. The number of rotatable bonds is 5. The van der Waals surface area contributed by atoms with Gasteiger partial charge in [-0.15, -0.1) is 4.52 Å². The fourth-order valence-electron chi connectivity index (χ4n) is 0.465. The van der Waals surface area contributed by atoms with Crippen molar-refractivity contribution in [3.05, 3.63) is 11.9 Å². The number of ether oxygens (including phenoxy) is 1. The van der Waals surface area contributed by atoms with Crippen LogP contribution in [-0.4, -0.2) is 19.2 Å². The van der Waals surface area contributed by atoms with Gasteiger partial charge in [0.05, 0.1) is 0 Å². The summed E-state index contributed by atoms with van der Waals surface area (Å²) in [5.41, 5.74) is 0. The summed E-state index contributed by atoms with van der Waals surface area (Å²) >= 11 is 0. The van der Waals surface area contributed by atoms with Crippen molar-refractivity contribution in [3.8, 4) is 0 Å². The van der Waals surface area contributed by atoms with Crippen LogP contribution in [-0.2, 0) is 18.6 Å². The van der Waals surface area contributed by atoms with Crippen LogP contribution in [0.3, 0.4) is 0 Å². The van der Waals surface area contributed by atoms with Crippen LogP contribution in [0.1, 0.15) is 13.8 Å². The predicted molar refractivity (Wildman–Crippen MR) is 45.0 cm³/mol. The van der Waals surface area contributed by atoms with Crippen LogP contribution < -0.4 is 0 Å². The Balaban J connectivity index is 3.48. The minimum Gasteiger partial charge on any atom is -0.461 e. The van der Waals surface area contributed by atoms with Crippen molar-refractivity contribution >= 4 is 14.0 Å². The van der Waals surface area contributed by atoms with E-state index in [9.17, 15) is 9.36 Å². The van der Waals surface area contributed by atoms with E-state index in [-0.39, 0.29) is 12.6 Å². The molecule has 0 aliphatic carbocycles. The number of esters is 1. The Hall–Kier alpha value is -0.730. The molecule has 68 valence electrons. The first-order valence-corrected chi connectivity index (χ1v) is 4.80. The van der Waals surface area contributed by atoms with E-state index in [1.54, 1.807) is 6.92 Å². The number of hydrogen-bond acceptors (Lipinski definition) is 4. The van der Waals surface area contributed by atoms with Gasteiger partial charge in [-0.05, 0) is 11.5 Å². The molecular weight excluding hydrogens is 179 g/mol. The molecule has 4 nitrogen and oxygen atoms in total. The van der Waals surface area contributed by atoms with E-state index < -0.39 is 8.03 Å². The highest BCUT2D eigenvalue weighted by molar-refractivity contribution is 7.42. The average molecular weight is 191 g/mol. The largest absolute Gasteiger partial charge is 0.540 e. The second kappa shape index (κ2) is 6.95. The molecule has 0 aromatic carbocycles. The van der Waals surface area contributed by atoms with E-state index >= 15 is 0 Å². The monoisotopic (exact) mass is 191 g/mol. The minimum atomic E-state index is -1.73. The quantitative estimate of drug-likeness (QED) is 0.491. The molecule has 0 amide bonds. The molecule has 0 aliphatic rings. The molecule has 0 aliphatic heterocycles. The zero-order valence-corrected chi connectivity index (χ0v) is 8.04. The Morgan fingerprint density at radius 1 is 1.58 bits per heavy atom. The van der Waals surface area contributed by atoms with Crippen molar-refractivity contribution in [2.24, 2.45) is 0 Å². The number of carbonyl (C=O) groups is 1. The molecule has 12 heavy (non-hydrogen) atoms. The van der Waals surface area contributed by atoms with Crippen molar-refractivity contribution in [3.63, 3.8) is 0 Å². The Morgan fingerprint density at radius 2 is 2.25 bits per heavy atom. The molecular formula is C7H12O4P+. The standard InChI is InChI=1S/C7H12O4P/c1-3-11-12(9)6-4-5-10-7(2)8/h4,6H,3,5H2,1-2H3/q+1/b6-4+. The van der Waals surface area contributed by atoms with Gasteiger partial charge in [0, 0.05) is 13.0 Å². The van der Waals surface area contributed by atoms with Crippen molar-refractivity contribution < 1.29 is 18.6 Å². The third-order valence-corrected chi connectivity index (χ3v) is 1.83. The van der Waals surface area contributed by atoms with Gasteiger partial charge in [0.25, 0.3) is 0 Å². The summed E-state index contributed by atoms with van der Waals surface area (Å²) in [5.74, 6) is 1.02. The maximum atomic E-state index is 10.8. The van der Waals surface area contributed by atoms with Gasteiger partial charge >= 0.3 is 14.0 Å². The highest BCUT2D eigenvalue weighted by atomic mass is 31.1. The maximum Gasteiger partial charge on any atom is 0.540 e. The molecule has 0 heterocycles. The summed E-state index contributed by atoms with van der Waals surface area (Å²) in [6.45, 7) is 3.63. The molecule has 0 rings (SSSR count). The van der Waals surface area contributed by atoms with Gasteiger partial charge in [-0.1, -0.05) is 0 Å². The molecule has 0 aromatic rings. The van der Waals surface area contributed by atoms with Gasteiger partial charge in [0.2, 0.25) is 0 Å². The molecule has 5 heteroatoms. The van der Waals surface area contributed by atoms with E-state index in [0.29, 0.717) is 6.61 Å². The first-order valence-electron chi connectivity index (χ1n) is 3.56. The lowest BCUT2D eigenvalue weighted by Crippen LogP contribution is -1.96. The van der Waals surface area contributed by atoms with E-state index in [0.717, 1.165) is 0 Å². The molecule has 1 unspecified atom stereocenters. The second-order valence-electron chi connectivity index (χ2n) is 1.89. The third-order valence-electron chi connectivity index (χ3n) is 0.866. The number of hydrogen-bond donors (Lipinski definition) is 0. The molecule has 0 bridgehead atoms. The lowest BCUT2D eigenvalue weighted by Gasteiger charge is -1.91. The summed E-state index contributed by atoms with van der Waals surface area (Å²) in [7, 11) is -1.73. The minimum absolute atomic E-state index is 0.142. The van der Waals surface area contributed by atoms with Crippen LogP contribution in [0.2, 0.25) is 0 Å². The number of carbonyl (C=O) groups excluding carboxylic acids is 1. The van der Waals surface area contributed by atoms with Crippen LogP contribution in [0.15, 0.2) is 11.9 Å². The molecule has 0 aromatic heterocycles. The maximum absolute atomic E-state index is 10.8. The van der Waals surface area contributed by atoms with Crippen molar-refractivity contribution in [2.45, 2.75) is 13.8 Å². The van der Waals surface area contributed by atoms with Gasteiger partial charge in [-0.25, -0.2) is 0 Å². The summed E-state index contributed by atoms with van der Waals surface area (Å²) in [6.07, 6.45) is 1.50. The van der Waals surface area contributed by atoms with Crippen molar-refractivity contribution in [1.29, 1.82) is 0 Å². The average Bonchev–Trinajstić information content (AvgIpc) is 1.98. The van der Waals surface area contributed by atoms with Crippen LogP contribution in [0, 0.1) is 0 Å². The summed E-state index contributed by atoms with van der Waals surface area (Å²) in [6, 6.07) is 0. The van der Waals surface area contributed by atoms with Crippen LogP contribution >= 0.6 is 8.03 Å². The van der Waals surface area contributed by atoms with Gasteiger partial charge < -0.3 is 4.74 Å². The van der Waals surface area contributed by atoms with E-state index in [4.69, 9.17) is 4.52 Å². The summed E-state index contributed by atoms with van der Waals surface area (Å²) in [4.78, 5) is 10.3. The fourth-order valence-corrected chi connectivity index (χ4v) is 1.06. The Labute approximate surface area is 72.4 Å². The summed E-state index contributed by atoms with van der Waals surface area (Å²) in [5, 5.41) is 0. The Bertz CT molecular complexity index is 188. The highest BCUT2D eigenvalue weighted by Crippen LogP contribution is 2.22. The lowest BCUT2D eigenvalue weighted by molar-refractivity contribution is -0.139. The molecule has 0 saturated heterocycles. The Morgan fingerprint density at radius 3 is 2.75 bits per heavy atom. The molecule has 0 spiro atoms. The SMILES string of the molecule is CCO[P+](=O)/C=C/COC(C)=O. The smallest absolute Gasteiger partial charge is 0.461 e. The van der Waals surface area contributed by atoms with Gasteiger partial charge in [0.15, 0.2) is 5.82 Å². The lowest BCUT2D eigenvalue weighted by atomic mass is 10.7. The topological polar surface area (TPSA) is 52.6 Å². The third kappa shape index (κ3) is 7.38. The van der Waals surface area contributed by atoms with E-state index in [2.05, 4.69) is 4.74 Å². The highest BCUT2D eigenvalue weighted by Gasteiger charge is 2.08. The zero-order valence-electron chi connectivity index (χ0n) is 7.15. The van der Waals surface area contributed by atoms with Crippen LogP contribution in [0.5, 0.6) is 0 Å². The van der Waals surface area contributed by atoms with Crippen LogP contribution in [0.4, 0.5) is 0 Å². The van der Waals surface area contributed by atoms with E-state index in [1.807, 2.05) is 0 Å². The fraction of sp³-hybridized carbons (Fsp3) is 0.571. The normalized spacial score (nSPS) is 11.7. The molecule has 0 saturated carbocycles. The molecule has 1 atom stereocenters. The van der Waals surface area contributed by atoms with E-state index in [1.165, 1.54) is 18.8 Å².